The van der Waals surface area contributed by atoms with Crippen molar-refractivity contribution in [1.29, 1.82) is 0 Å². The predicted molar refractivity (Wildman–Crippen MR) is 71.8 cm³/mol. The number of hydrogen-bond acceptors (Lipinski definition) is 2. The van der Waals surface area contributed by atoms with Gasteiger partial charge in [0.2, 0.25) is 0 Å². The first-order valence-corrected chi connectivity index (χ1v) is 5.80. The highest BCUT2D eigenvalue weighted by Crippen LogP contribution is 2.28. The topological polar surface area (TPSA) is 43.8 Å². The highest BCUT2D eigenvalue weighted by Gasteiger charge is 2.18. The molecule has 0 bridgehead atoms. The SMILES string of the molecule is Cc1ccc(-c2ncn(C(C)(C)C)c2N)cc1. The second-order valence-corrected chi connectivity index (χ2v) is 5.39. The molecule has 3 nitrogen and oxygen atoms in total. The maximum Gasteiger partial charge on any atom is 0.132 e. The van der Waals surface area contributed by atoms with Crippen molar-refractivity contribution in [3.63, 3.8) is 0 Å². The Hall–Kier alpha value is -1.77. The van der Waals surface area contributed by atoms with Crippen LogP contribution in [0.4, 0.5) is 5.82 Å². The molecule has 0 radical (unpaired) electrons. The van der Waals surface area contributed by atoms with E-state index in [2.05, 4.69) is 56.9 Å². The number of benzene rings is 1. The maximum atomic E-state index is 6.16. The Balaban J connectivity index is 2.48. The second kappa shape index (κ2) is 3.91. The van der Waals surface area contributed by atoms with E-state index in [0.29, 0.717) is 0 Å². The molecular weight excluding hydrogens is 210 g/mol. The molecule has 2 rings (SSSR count). The molecule has 2 aromatic rings. The average molecular weight is 229 g/mol. The van der Waals surface area contributed by atoms with Gasteiger partial charge in [-0.2, -0.15) is 0 Å². The van der Waals surface area contributed by atoms with Gasteiger partial charge >= 0.3 is 0 Å². The Labute approximate surface area is 102 Å². The number of nitrogens with two attached hydrogens (primary N) is 1. The normalized spacial score (nSPS) is 11.8. The molecule has 0 aliphatic carbocycles. The minimum absolute atomic E-state index is 0.0416. The van der Waals surface area contributed by atoms with E-state index in [1.54, 1.807) is 0 Å². The standard InChI is InChI=1S/C14H19N3/c1-10-5-7-11(8-6-10)12-13(15)17(9-16-12)14(2,3)4/h5-9H,15H2,1-4H3. The van der Waals surface area contributed by atoms with Crippen molar-refractivity contribution in [2.24, 2.45) is 0 Å². The molecule has 0 saturated carbocycles. The summed E-state index contributed by atoms with van der Waals surface area (Å²) in [4.78, 5) is 4.42. The van der Waals surface area contributed by atoms with Gasteiger partial charge in [-0.1, -0.05) is 29.8 Å². The summed E-state index contributed by atoms with van der Waals surface area (Å²) in [6.45, 7) is 8.42. The number of hydrogen-bond donors (Lipinski definition) is 1. The van der Waals surface area contributed by atoms with Crippen molar-refractivity contribution in [2.75, 3.05) is 5.73 Å². The molecule has 0 saturated heterocycles. The summed E-state index contributed by atoms with van der Waals surface area (Å²) in [7, 11) is 0. The Morgan fingerprint density at radius 1 is 1.12 bits per heavy atom. The molecule has 0 aliphatic rings. The minimum atomic E-state index is -0.0416. The van der Waals surface area contributed by atoms with Crippen LogP contribution in [0.3, 0.4) is 0 Å². The van der Waals surface area contributed by atoms with Gasteiger partial charge in [0.1, 0.15) is 11.5 Å². The third-order valence-electron chi connectivity index (χ3n) is 2.85. The number of nitrogen functional groups attached to an aromatic ring is 1. The number of imidazole rings is 1. The first kappa shape index (κ1) is 11.7. The van der Waals surface area contributed by atoms with Crippen molar-refractivity contribution in [2.45, 2.75) is 33.2 Å². The Morgan fingerprint density at radius 3 is 2.18 bits per heavy atom. The van der Waals surface area contributed by atoms with Gasteiger partial charge in [-0.05, 0) is 27.7 Å². The third kappa shape index (κ3) is 2.18. The van der Waals surface area contributed by atoms with Gasteiger partial charge in [0, 0.05) is 11.1 Å². The van der Waals surface area contributed by atoms with Crippen molar-refractivity contribution < 1.29 is 0 Å². The number of aromatic nitrogens is 2. The highest BCUT2D eigenvalue weighted by molar-refractivity contribution is 5.70. The number of aryl methyl sites for hydroxylation is 1. The van der Waals surface area contributed by atoms with E-state index in [0.717, 1.165) is 17.1 Å². The lowest BCUT2D eigenvalue weighted by molar-refractivity contribution is 0.402. The van der Waals surface area contributed by atoms with Crippen molar-refractivity contribution in [3.05, 3.63) is 36.2 Å². The van der Waals surface area contributed by atoms with Crippen LogP contribution in [0.15, 0.2) is 30.6 Å². The molecule has 17 heavy (non-hydrogen) atoms. The fourth-order valence-corrected chi connectivity index (χ4v) is 1.83. The minimum Gasteiger partial charge on any atom is -0.383 e. The van der Waals surface area contributed by atoms with Crippen molar-refractivity contribution >= 4 is 5.82 Å². The number of nitrogens with zero attached hydrogens (tertiary/aromatic N) is 2. The van der Waals surface area contributed by atoms with Crippen LogP contribution in [0.2, 0.25) is 0 Å². The molecular formula is C14H19N3. The molecule has 0 amide bonds. The average Bonchev–Trinajstić information content (AvgIpc) is 2.61. The summed E-state index contributed by atoms with van der Waals surface area (Å²) in [5, 5.41) is 0. The van der Waals surface area contributed by atoms with Crippen LogP contribution in [-0.2, 0) is 5.54 Å². The summed E-state index contributed by atoms with van der Waals surface area (Å²) in [6.07, 6.45) is 1.81. The molecule has 0 fully saturated rings. The fourth-order valence-electron chi connectivity index (χ4n) is 1.83. The number of anilines is 1. The first-order chi connectivity index (χ1) is 7.89. The molecule has 0 unspecified atom stereocenters. The van der Waals surface area contributed by atoms with E-state index < -0.39 is 0 Å². The lowest BCUT2D eigenvalue weighted by Crippen LogP contribution is -2.22. The van der Waals surface area contributed by atoms with Crippen LogP contribution in [0.5, 0.6) is 0 Å². The van der Waals surface area contributed by atoms with Crippen LogP contribution >= 0.6 is 0 Å². The summed E-state index contributed by atoms with van der Waals surface area (Å²) in [6, 6.07) is 8.26. The van der Waals surface area contributed by atoms with E-state index in [-0.39, 0.29) is 5.54 Å². The monoisotopic (exact) mass is 229 g/mol. The fraction of sp³-hybridized carbons (Fsp3) is 0.357. The molecule has 1 heterocycles. The smallest absolute Gasteiger partial charge is 0.132 e. The van der Waals surface area contributed by atoms with Crippen molar-refractivity contribution in [3.8, 4) is 11.3 Å². The van der Waals surface area contributed by atoms with Gasteiger partial charge in [-0.15, -0.1) is 0 Å². The van der Waals surface area contributed by atoms with E-state index in [9.17, 15) is 0 Å². The summed E-state index contributed by atoms with van der Waals surface area (Å²) in [5.41, 5.74) is 9.28. The van der Waals surface area contributed by atoms with Gasteiger partial charge in [0.05, 0.1) is 6.33 Å². The molecule has 1 aromatic carbocycles. The largest absolute Gasteiger partial charge is 0.383 e. The lowest BCUT2D eigenvalue weighted by atomic mass is 10.1. The number of rotatable bonds is 1. The van der Waals surface area contributed by atoms with Gasteiger partial charge in [-0.3, -0.25) is 0 Å². The quantitative estimate of drug-likeness (QED) is 0.816. The van der Waals surface area contributed by atoms with Gasteiger partial charge < -0.3 is 10.3 Å². The second-order valence-electron chi connectivity index (χ2n) is 5.39. The zero-order valence-electron chi connectivity index (χ0n) is 10.9. The summed E-state index contributed by atoms with van der Waals surface area (Å²) >= 11 is 0. The maximum absolute atomic E-state index is 6.16. The van der Waals surface area contributed by atoms with E-state index >= 15 is 0 Å². The van der Waals surface area contributed by atoms with Gasteiger partial charge in [-0.25, -0.2) is 4.98 Å². The van der Waals surface area contributed by atoms with Crippen LogP contribution in [0.1, 0.15) is 26.3 Å². The van der Waals surface area contributed by atoms with Crippen LogP contribution in [0, 0.1) is 6.92 Å². The Morgan fingerprint density at radius 2 is 1.71 bits per heavy atom. The molecule has 0 atom stereocenters. The Kier molecular flexibility index (Phi) is 2.69. The van der Waals surface area contributed by atoms with E-state index in [1.165, 1.54) is 5.56 Å². The molecule has 90 valence electrons. The summed E-state index contributed by atoms with van der Waals surface area (Å²) in [5.74, 6) is 0.723. The predicted octanol–water partition coefficient (Wildman–Crippen LogP) is 3.20. The van der Waals surface area contributed by atoms with Gasteiger partial charge in [0.25, 0.3) is 0 Å². The van der Waals surface area contributed by atoms with E-state index in [1.807, 2.05) is 10.9 Å². The van der Waals surface area contributed by atoms with E-state index in [4.69, 9.17) is 5.73 Å². The zero-order chi connectivity index (χ0) is 12.6. The zero-order valence-corrected chi connectivity index (χ0v) is 10.9. The first-order valence-electron chi connectivity index (χ1n) is 5.80. The van der Waals surface area contributed by atoms with Crippen LogP contribution in [0.25, 0.3) is 11.3 Å². The molecule has 0 aliphatic heterocycles. The molecule has 3 heteroatoms. The van der Waals surface area contributed by atoms with Gasteiger partial charge in [0.15, 0.2) is 0 Å². The summed E-state index contributed by atoms with van der Waals surface area (Å²) < 4.78 is 2.00. The highest BCUT2D eigenvalue weighted by atomic mass is 15.2. The molecule has 2 N–H and O–H groups in total. The van der Waals surface area contributed by atoms with Crippen LogP contribution < -0.4 is 5.73 Å². The third-order valence-corrected chi connectivity index (χ3v) is 2.85. The lowest BCUT2D eigenvalue weighted by Gasteiger charge is -2.22. The Bertz CT molecular complexity index is 515. The molecule has 0 spiro atoms. The molecule has 1 aromatic heterocycles. The van der Waals surface area contributed by atoms with Crippen LogP contribution in [-0.4, -0.2) is 9.55 Å². The van der Waals surface area contributed by atoms with Crippen molar-refractivity contribution in [1.82, 2.24) is 9.55 Å².